The van der Waals surface area contributed by atoms with Crippen LogP contribution in [0.2, 0.25) is 0 Å². The minimum atomic E-state index is -3.50. The molecule has 110 valence electrons. The Morgan fingerprint density at radius 3 is 2.63 bits per heavy atom. The van der Waals surface area contributed by atoms with Gasteiger partial charge in [0.15, 0.2) is 0 Å². The zero-order valence-corrected chi connectivity index (χ0v) is 12.7. The van der Waals surface area contributed by atoms with Crippen LogP contribution in [0.25, 0.3) is 0 Å². The van der Waals surface area contributed by atoms with E-state index in [2.05, 4.69) is 23.9 Å². The van der Waals surface area contributed by atoms with Crippen LogP contribution in [0.1, 0.15) is 38.9 Å². The number of unbranched alkanes of at least 4 members (excludes halogenated alkanes) is 1. The van der Waals surface area contributed by atoms with Crippen molar-refractivity contribution in [3.05, 3.63) is 17.9 Å². The molecular weight excluding hydrogens is 264 g/mol. The van der Waals surface area contributed by atoms with E-state index in [9.17, 15) is 8.42 Å². The van der Waals surface area contributed by atoms with Crippen LogP contribution in [0.15, 0.2) is 21.6 Å². The van der Waals surface area contributed by atoms with Gasteiger partial charge in [-0.15, -0.1) is 0 Å². The molecule has 0 aliphatic carbocycles. The molecule has 19 heavy (non-hydrogen) atoms. The maximum absolute atomic E-state index is 11.9. The number of hydrogen-bond acceptors (Lipinski definition) is 4. The highest BCUT2D eigenvalue weighted by Crippen LogP contribution is 2.14. The molecule has 0 fully saturated rings. The van der Waals surface area contributed by atoms with Gasteiger partial charge in [0, 0.05) is 6.54 Å². The molecule has 0 bridgehead atoms. The van der Waals surface area contributed by atoms with Gasteiger partial charge < -0.3 is 9.73 Å². The van der Waals surface area contributed by atoms with Crippen molar-refractivity contribution in [2.24, 2.45) is 5.92 Å². The van der Waals surface area contributed by atoms with Crippen molar-refractivity contribution in [3.63, 3.8) is 0 Å². The SMILES string of the molecule is CNCc1ccc(S(=O)(=O)NCCCCC(C)C)o1. The van der Waals surface area contributed by atoms with Gasteiger partial charge in [-0.05, 0) is 31.5 Å². The monoisotopic (exact) mass is 288 g/mol. The quantitative estimate of drug-likeness (QED) is 0.683. The molecular formula is C13H24N2O3S. The highest BCUT2D eigenvalue weighted by atomic mass is 32.2. The van der Waals surface area contributed by atoms with E-state index >= 15 is 0 Å². The first-order chi connectivity index (χ1) is 8.95. The molecule has 0 saturated heterocycles. The fourth-order valence-electron chi connectivity index (χ4n) is 1.73. The summed E-state index contributed by atoms with van der Waals surface area (Å²) in [4.78, 5) is 0. The highest BCUT2D eigenvalue weighted by molar-refractivity contribution is 7.89. The van der Waals surface area contributed by atoms with E-state index < -0.39 is 10.0 Å². The summed E-state index contributed by atoms with van der Waals surface area (Å²) in [6.45, 7) is 5.30. The Kier molecular flexibility index (Phi) is 6.54. The van der Waals surface area contributed by atoms with Crippen LogP contribution in [0.5, 0.6) is 0 Å². The number of hydrogen-bond donors (Lipinski definition) is 2. The number of sulfonamides is 1. The zero-order chi connectivity index (χ0) is 14.3. The van der Waals surface area contributed by atoms with E-state index in [1.807, 2.05) is 0 Å². The van der Waals surface area contributed by atoms with Crippen molar-refractivity contribution in [2.75, 3.05) is 13.6 Å². The van der Waals surface area contributed by atoms with Crippen LogP contribution in [-0.4, -0.2) is 22.0 Å². The van der Waals surface area contributed by atoms with Gasteiger partial charge in [0.25, 0.3) is 10.0 Å². The largest absolute Gasteiger partial charge is 0.447 e. The predicted octanol–water partition coefficient (Wildman–Crippen LogP) is 2.10. The van der Waals surface area contributed by atoms with E-state index in [0.29, 0.717) is 24.8 Å². The molecule has 1 aromatic rings. The first-order valence-corrected chi connectivity index (χ1v) is 8.17. The van der Waals surface area contributed by atoms with Crippen molar-refractivity contribution in [1.29, 1.82) is 0 Å². The topological polar surface area (TPSA) is 71.3 Å². The van der Waals surface area contributed by atoms with Crippen LogP contribution in [0.3, 0.4) is 0 Å². The molecule has 0 amide bonds. The van der Waals surface area contributed by atoms with Gasteiger partial charge in [-0.3, -0.25) is 0 Å². The normalized spacial score (nSPS) is 12.2. The molecule has 1 rings (SSSR count). The molecule has 0 saturated carbocycles. The van der Waals surface area contributed by atoms with Crippen molar-refractivity contribution < 1.29 is 12.8 Å². The maximum atomic E-state index is 11.9. The summed E-state index contributed by atoms with van der Waals surface area (Å²) < 4.78 is 31.7. The molecule has 0 aliphatic rings. The average Bonchev–Trinajstić information content (AvgIpc) is 2.78. The molecule has 0 radical (unpaired) electrons. The second kappa shape index (κ2) is 7.67. The molecule has 0 spiro atoms. The Morgan fingerprint density at radius 2 is 2.00 bits per heavy atom. The Labute approximate surface area is 115 Å². The maximum Gasteiger partial charge on any atom is 0.273 e. The van der Waals surface area contributed by atoms with Crippen molar-refractivity contribution >= 4 is 10.0 Å². The Balaban J connectivity index is 2.42. The van der Waals surface area contributed by atoms with Crippen LogP contribution in [0, 0.1) is 5.92 Å². The average molecular weight is 288 g/mol. The molecule has 0 unspecified atom stereocenters. The second-order valence-electron chi connectivity index (χ2n) is 5.04. The molecule has 1 aromatic heterocycles. The number of rotatable bonds is 9. The first-order valence-electron chi connectivity index (χ1n) is 6.68. The third-order valence-corrected chi connectivity index (χ3v) is 4.09. The fraction of sp³-hybridized carbons (Fsp3) is 0.692. The van der Waals surface area contributed by atoms with Crippen LogP contribution >= 0.6 is 0 Å². The predicted molar refractivity (Wildman–Crippen MR) is 75.3 cm³/mol. The summed E-state index contributed by atoms with van der Waals surface area (Å²) in [5.74, 6) is 1.27. The molecule has 0 aromatic carbocycles. The molecule has 1 heterocycles. The van der Waals surface area contributed by atoms with Crippen molar-refractivity contribution in [1.82, 2.24) is 10.0 Å². The van der Waals surface area contributed by atoms with Gasteiger partial charge in [-0.1, -0.05) is 26.7 Å². The Morgan fingerprint density at radius 1 is 1.26 bits per heavy atom. The van der Waals surface area contributed by atoms with Gasteiger partial charge >= 0.3 is 0 Å². The summed E-state index contributed by atoms with van der Waals surface area (Å²) in [5.41, 5.74) is 0. The van der Waals surface area contributed by atoms with Crippen molar-refractivity contribution in [3.8, 4) is 0 Å². The van der Waals surface area contributed by atoms with Gasteiger partial charge in [0.1, 0.15) is 5.76 Å². The van der Waals surface area contributed by atoms with Gasteiger partial charge in [0.05, 0.1) is 6.54 Å². The standard InChI is InChI=1S/C13H24N2O3S/c1-11(2)6-4-5-9-15-19(16,17)13-8-7-12(18-13)10-14-3/h7-8,11,14-15H,4-6,9-10H2,1-3H3. The van der Waals surface area contributed by atoms with Crippen LogP contribution in [0.4, 0.5) is 0 Å². The Hall–Kier alpha value is -0.850. The van der Waals surface area contributed by atoms with Crippen molar-refractivity contribution in [2.45, 2.75) is 44.7 Å². The molecule has 0 aliphatic heterocycles. The van der Waals surface area contributed by atoms with E-state index in [1.165, 1.54) is 6.07 Å². The van der Waals surface area contributed by atoms with Gasteiger partial charge in [0.2, 0.25) is 5.09 Å². The lowest BCUT2D eigenvalue weighted by Gasteiger charge is -2.06. The second-order valence-corrected chi connectivity index (χ2v) is 6.74. The molecule has 2 N–H and O–H groups in total. The number of furan rings is 1. The van der Waals surface area contributed by atoms with Gasteiger partial charge in [-0.2, -0.15) is 0 Å². The van der Waals surface area contributed by atoms with E-state index in [1.54, 1.807) is 13.1 Å². The summed E-state index contributed by atoms with van der Waals surface area (Å²) in [5, 5.41) is 2.90. The smallest absolute Gasteiger partial charge is 0.273 e. The zero-order valence-electron chi connectivity index (χ0n) is 11.9. The van der Waals surface area contributed by atoms with E-state index in [0.717, 1.165) is 19.3 Å². The third kappa shape index (κ3) is 5.76. The van der Waals surface area contributed by atoms with Crippen LogP contribution in [-0.2, 0) is 16.6 Å². The van der Waals surface area contributed by atoms with E-state index in [4.69, 9.17) is 4.42 Å². The third-order valence-electron chi connectivity index (χ3n) is 2.75. The summed E-state index contributed by atoms with van der Waals surface area (Å²) in [7, 11) is -1.72. The highest BCUT2D eigenvalue weighted by Gasteiger charge is 2.17. The lowest BCUT2D eigenvalue weighted by molar-refractivity contribution is 0.404. The summed E-state index contributed by atoms with van der Waals surface area (Å²) in [6.07, 6.45) is 3.00. The number of nitrogens with one attached hydrogen (secondary N) is 2. The molecule has 6 heteroatoms. The van der Waals surface area contributed by atoms with E-state index in [-0.39, 0.29) is 5.09 Å². The Bertz CT molecular complexity index is 466. The lowest BCUT2D eigenvalue weighted by atomic mass is 10.1. The van der Waals surface area contributed by atoms with Crippen LogP contribution < -0.4 is 10.0 Å². The summed E-state index contributed by atoms with van der Waals surface area (Å²) >= 11 is 0. The first kappa shape index (κ1) is 16.2. The molecule has 5 nitrogen and oxygen atoms in total. The fourth-order valence-corrected chi connectivity index (χ4v) is 2.75. The minimum absolute atomic E-state index is 0.0124. The summed E-state index contributed by atoms with van der Waals surface area (Å²) in [6, 6.07) is 3.16. The van der Waals surface area contributed by atoms with Gasteiger partial charge in [-0.25, -0.2) is 13.1 Å². The molecule has 0 atom stereocenters. The lowest BCUT2D eigenvalue weighted by Crippen LogP contribution is -2.24. The minimum Gasteiger partial charge on any atom is -0.447 e.